The molecule has 2 fully saturated rings. The van der Waals surface area contributed by atoms with Crippen molar-refractivity contribution >= 4 is 10.2 Å². The first-order valence-corrected chi connectivity index (χ1v) is 8.43. The number of hydrogen-bond acceptors (Lipinski definition) is 3. The summed E-state index contributed by atoms with van der Waals surface area (Å²) in [4.78, 5) is 0. The third-order valence-electron chi connectivity index (χ3n) is 3.54. The molecule has 5 nitrogen and oxygen atoms in total. The van der Waals surface area contributed by atoms with Crippen LogP contribution in [0.5, 0.6) is 0 Å². The van der Waals surface area contributed by atoms with E-state index < -0.39 is 10.2 Å². The highest BCUT2D eigenvalue weighted by Gasteiger charge is 2.38. The molecular weight excluding hydrogens is 250 g/mol. The molecule has 0 radical (unpaired) electrons. The van der Waals surface area contributed by atoms with Crippen LogP contribution in [0.3, 0.4) is 0 Å². The van der Waals surface area contributed by atoms with Gasteiger partial charge in [0.2, 0.25) is 0 Å². The molecule has 0 atom stereocenters. The normalized spacial score (nSPS) is 22.9. The molecule has 0 aromatic carbocycles. The second-order valence-corrected chi connectivity index (χ2v) is 7.43. The Labute approximate surface area is 110 Å². The minimum absolute atomic E-state index is 0.0377. The van der Waals surface area contributed by atoms with Crippen LogP contribution >= 0.6 is 0 Å². The maximum atomic E-state index is 12.3. The maximum absolute atomic E-state index is 12.3. The van der Waals surface area contributed by atoms with Crippen LogP contribution in [0, 0.1) is 5.92 Å². The number of rotatable bonds is 6. The van der Waals surface area contributed by atoms with Crippen LogP contribution < -0.4 is 10.0 Å². The standard InChI is InChI=1S/C12H25N3O2S/c1-10(2)14-18(16,17)15(12-3-4-12)9-11-5-7-13-8-6-11/h10-14H,3-9H2,1-2H3. The molecule has 2 rings (SSSR count). The molecule has 18 heavy (non-hydrogen) atoms. The largest absolute Gasteiger partial charge is 0.317 e. The van der Waals surface area contributed by atoms with Crippen molar-refractivity contribution < 1.29 is 8.42 Å². The molecule has 0 bridgehead atoms. The molecule has 1 aliphatic carbocycles. The lowest BCUT2D eigenvalue weighted by atomic mass is 9.98. The molecule has 2 aliphatic rings. The minimum Gasteiger partial charge on any atom is -0.317 e. The summed E-state index contributed by atoms with van der Waals surface area (Å²) in [6.45, 7) is 6.45. The third kappa shape index (κ3) is 3.91. The summed E-state index contributed by atoms with van der Waals surface area (Å²) in [5.41, 5.74) is 0. The van der Waals surface area contributed by atoms with Crippen molar-refractivity contribution in [3.05, 3.63) is 0 Å². The zero-order chi connectivity index (χ0) is 13.2. The van der Waals surface area contributed by atoms with Crippen molar-refractivity contribution in [3.63, 3.8) is 0 Å². The monoisotopic (exact) mass is 275 g/mol. The molecule has 6 heteroatoms. The maximum Gasteiger partial charge on any atom is 0.279 e. The first kappa shape index (κ1) is 14.2. The summed E-state index contributed by atoms with van der Waals surface area (Å²) < 4.78 is 29.0. The molecule has 106 valence electrons. The van der Waals surface area contributed by atoms with Crippen LogP contribution in [-0.2, 0) is 10.2 Å². The van der Waals surface area contributed by atoms with E-state index in [-0.39, 0.29) is 12.1 Å². The highest BCUT2D eigenvalue weighted by Crippen LogP contribution is 2.30. The van der Waals surface area contributed by atoms with E-state index in [0.717, 1.165) is 38.8 Å². The molecule has 0 aromatic rings. The average molecular weight is 275 g/mol. The van der Waals surface area contributed by atoms with E-state index in [4.69, 9.17) is 0 Å². The zero-order valence-corrected chi connectivity index (χ0v) is 12.2. The van der Waals surface area contributed by atoms with E-state index in [2.05, 4.69) is 10.0 Å². The zero-order valence-electron chi connectivity index (χ0n) is 11.4. The fraction of sp³-hybridized carbons (Fsp3) is 1.00. The second-order valence-electron chi connectivity index (χ2n) is 5.77. The van der Waals surface area contributed by atoms with Crippen LogP contribution in [0.1, 0.15) is 39.5 Å². The number of nitrogens with zero attached hydrogens (tertiary/aromatic N) is 1. The van der Waals surface area contributed by atoms with Crippen molar-refractivity contribution in [2.75, 3.05) is 19.6 Å². The predicted octanol–water partition coefficient (Wildman–Crippen LogP) is 0.693. The van der Waals surface area contributed by atoms with Gasteiger partial charge in [-0.25, -0.2) is 0 Å². The fourth-order valence-corrected chi connectivity index (χ4v) is 4.23. The Bertz CT molecular complexity index is 360. The summed E-state index contributed by atoms with van der Waals surface area (Å²) in [6.07, 6.45) is 4.20. The lowest BCUT2D eigenvalue weighted by Crippen LogP contribution is -2.47. The van der Waals surface area contributed by atoms with Gasteiger partial charge in [0.25, 0.3) is 10.2 Å². The molecule has 0 spiro atoms. The predicted molar refractivity (Wildman–Crippen MR) is 72.5 cm³/mol. The highest BCUT2D eigenvalue weighted by atomic mass is 32.2. The summed E-state index contributed by atoms with van der Waals surface area (Å²) in [5.74, 6) is 0.510. The molecule has 1 saturated heterocycles. The summed E-state index contributed by atoms with van der Waals surface area (Å²) in [7, 11) is -3.29. The fourth-order valence-electron chi connectivity index (χ4n) is 2.49. The van der Waals surface area contributed by atoms with Crippen molar-refractivity contribution in [1.29, 1.82) is 0 Å². The Kier molecular flexibility index (Phi) is 4.64. The van der Waals surface area contributed by atoms with Gasteiger partial charge in [-0.05, 0) is 58.5 Å². The molecule has 0 unspecified atom stereocenters. The van der Waals surface area contributed by atoms with E-state index >= 15 is 0 Å². The van der Waals surface area contributed by atoms with Gasteiger partial charge in [-0.15, -0.1) is 0 Å². The first-order chi connectivity index (χ1) is 8.49. The van der Waals surface area contributed by atoms with Gasteiger partial charge in [-0.3, -0.25) is 0 Å². The van der Waals surface area contributed by atoms with Gasteiger partial charge in [0, 0.05) is 18.6 Å². The Morgan fingerprint density at radius 2 is 1.83 bits per heavy atom. The number of nitrogens with one attached hydrogen (secondary N) is 2. The van der Waals surface area contributed by atoms with E-state index in [9.17, 15) is 8.42 Å². The number of piperidine rings is 1. The van der Waals surface area contributed by atoms with Gasteiger partial charge in [-0.2, -0.15) is 17.4 Å². The lowest BCUT2D eigenvalue weighted by Gasteiger charge is -2.30. The molecule has 0 amide bonds. The molecule has 0 aromatic heterocycles. The number of hydrogen-bond donors (Lipinski definition) is 2. The summed E-state index contributed by atoms with van der Waals surface area (Å²) >= 11 is 0. The molecule has 2 N–H and O–H groups in total. The minimum atomic E-state index is -3.29. The Hall–Kier alpha value is -0.170. The van der Waals surface area contributed by atoms with Crippen molar-refractivity contribution in [3.8, 4) is 0 Å². The van der Waals surface area contributed by atoms with Crippen LogP contribution in [0.4, 0.5) is 0 Å². The van der Waals surface area contributed by atoms with E-state index in [1.54, 1.807) is 4.31 Å². The van der Waals surface area contributed by atoms with Gasteiger partial charge >= 0.3 is 0 Å². The van der Waals surface area contributed by atoms with Gasteiger partial charge < -0.3 is 5.32 Å². The lowest BCUT2D eigenvalue weighted by molar-refractivity contribution is 0.280. The SMILES string of the molecule is CC(C)NS(=O)(=O)N(CC1CCNCC1)C1CC1. The topological polar surface area (TPSA) is 61.4 Å². The van der Waals surface area contributed by atoms with Crippen LogP contribution in [0.25, 0.3) is 0 Å². The Morgan fingerprint density at radius 3 is 2.33 bits per heavy atom. The second kappa shape index (κ2) is 5.86. The van der Waals surface area contributed by atoms with E-state index in [1.165, 1.54) is 0 Å². The van der Waals surface area contributed by atoms with Gasteiger partial charge in [0.15, 0.2) is 0 Å². The molecule has 1 aliphatic heterocycles. The van der Waals surface area contributed by atoms with Crippen LogP contribution in [0.2, 0.25) is 0 Å². The van der Waals surface area contributed by atoms with Crippen LogP contribution in [-0.4, -0.2) is 44.4 Å². The summed E-state index contributed by atoms with van der Waals surface area (Å²) in [6, 6.07) is 0.209. The Morgan fingerprint density at radius 1 is 1.22 bits per heavy atom. The van der Waals surface area contributed by atoms with Crippen molar-refractivity contribution in [2.45, 2.75) is 51.6 Å². The van der Waals surface area contributed by atoms with Crippen molar-refractivity contribution in [2.24, 2.45) is 5.92 Å². The molecule has 1 saturated carbocycles. The Balaban J connectivity index is 1.98. The van der Waals surface area contributed by atoms with Crippen LogP contribution in [0.15, 0.2) is 0 Å². The van der Waals surface area contributed by atoms with Gasteiger partial charge in [0.05, 0.1) is 0 Å². The third-order valence-corrected chi connectivity index (χ3v) is 5.38. The molecule has 1 heterocycles. The quantitative estimate of drug-likeness (QED) is 0.750. The van der Waals surface area contributed by atoms with E-state index in [1.807, 2.05) is 13.8 Å². The van der Waals surface area contributed by atoms with Crippen molar-refractivity contribution in [1.82, 2.24) is 14.3 Å². The molecular formula is C12H25N3O2S. The van der Waals surface area contributed by atoms with Gasteiger partial charge in [-0.1, -0.05) is 0 Å². The van der Waals surface area contributed by atoms with Gasteiger partial charge in [0.1, 0.15) is 0 Å². The highest BCUT2D eigenvalue weighted by molar-refractivity contribution is 7.87. The summed E-state index contributed by atoms with van der Waals surface area (Å²) in [5, 5.41) is 3.32. The first-order valence-electron chi connectivity index (χ1n) is 6.99. The smallest absolute Gasteiger partial charge is 0.279 e. The van der Waals surface area contributed by atoms with E-state index in [0.29, 0.717) is 12.5 Å². The average Bonchev–Trinajstić information content (AvgIpc) is 3.09.